The van der Waals surface area contributed by atoms with Gasteiger partial charge in [0.2, 0.25) is 10.0 Å². The van der Waals surface area contributed by atoms with Crippen molar-refractivity contribution < 1.29 is 8.42 Å². The molecule has 2 aromatic carbocycles. The van der Waals surface area contributed by atoms with Crippen molar-refractivity contribution in [3.8, 4) is 0 Å². The van der Waals surface area contributed by atoms with Crippen molar-refractivity contribution >= 4 is 44.5 Å². The second-order valence-corrected chi connectivity index (χ2v) is 13.4. The van der Waals surface area contributed by atoms with Crippen LogP contribution in [-0.4, -0.2) is 58.2 Å². The van der Waals surface area contributed by atoms with Gasteiger partial charge in [0.1, 0.15) is 0 Å². The first-order chi connectivity index (χ1) is 16.8. The summed E-state index contributed by atoms with van der Waals surface area (Å²) in [4.78, 5) is 7.06. The SMILES string of the molecule is CCc1cc(N(C)C)cc2c1Nc1c(CC)cc(N3CCN(S(=O)(=O)C4CCCC4)CC3)cc1S2. The van der Waals surface area contributed by atoms with E-state index in [-0.39, 0.29) is 5.25 Å². The van der Waals surface area contributed by atoms with Gasteiger partial charge in [-0.25, -0.2) is 8.42 Å². The Morgan fingerprint density at radius 1 is 0.914 bits per heavy atom. The lowest BCUT2D eigenvalue weighted by Gasteiger charge is -2.37. The number of nitrogens with one attached hydrogen (secondary N) is 1. The van der Waals surface area contributed by atoms with Crippen LogP contribution in [0, 0.1) is 0 Å². The molecule has 1 saturated heterocycles. The molecule has 0 unspecified atom stereocenters. The largest absolute Gasteiger partial charge is 0.378 e. The molecule has 0 aromatic heterocycles. The van der Waals surface area contributed by atoms with E-state index >= 15 is 0 Å². The maximum atomic E-state index is 13.1. The van der Waals surface area contributed by atoms with Crippen LogP contribution >= 0.6 is 11.8 Å². The molecule has 1 N–H and O–H groups in total. The van der Waals surface area contributed by atoms with E-state index in [1.54, 1.807) is 4.31 Å². The number of aryl methyl sites for hydroxylation is 2. The number of rotatable bonds is 6. The number of benzene rings is 2. The first-order valence-electron chi connectivity index (χ1n) is 13.0. The fourth-order valence-electron chi connectivity index (χ4n) is 5.60. The Kier molecular flexibility index (Phi) is 6.98. The van der Waals surface area contributed by atoms with Crippen molar-refractivity contribution in [1.82, 2.24) is 4.31 Å². The summed E-state index contributed by atoms with van der Waals surface area (Å²) in [6.45, 7) is 7.08. The van der Waals surface area contributed by atoms with E-state index in [1.807, 2.05) is 11.8 Å². The lowest BCUT2D eigenvalue weighted by Crippen LogP contribution is -2.50. The van der Waals surface area contributed by atoms with Gasteiger partial charge >= 0.3 is 0 Å². The summed E-state index contributed by atoms with van der Waals surface area (Å²) in [5, 5.41) is 3.63. The van der Waals surface area contributed by atoms with E-state index in [9.17, 15) is 8.42 Å². The second kappa shape index (κ2) is 9.87. The van der Waals surface area contributed by atoms with Crippen molar-refractivity contribution in [3.05, 3.63) is 35.4 Å². The third-order valence-corrected chi connectivity index (χ3v) is 11.3. The Balaban J connectivity index is 1.39. The topological polar surface area (TPSA) is 55.9 Å². The molecule has 0 atom stereocenters. The van der Waals surface area contributed by atoms with Gasteiger partial charge in [-0.2, -0.15) is 4.31 Å². The van der Waals surface area contributed by atoms with E-state index in [0.29, 0.717) is 13.1 Å². The van der Waals surface area contributed by atoms with Gasteiger partial charge in [-0.15, -0.1) is 0 Å². The van der Waals surface area contributed by atoms with Gasteiger partial charge in [0.25, 0.3) is 0 Å². The molecule has 190 valence electrons. The summed E-state index contributed by atoms with van der Waals surface area (Å²) in [7, 11) is 1.03. The number of anilines is 4. The number of fused-ring (bicyclic) bond motifs is 2. The minimum atomic E-state index is -3.16. The molecule has 8 heteroatoms. The number of hydrogen-bond acceptors (Lipinski definition) is 6. The van der Waals surface area contributed by atoms with Crippen LogP contribution in [-0.2, 0) is 22.9 Å². The van der Waals surface area contributed by atoms with Gasteiger partial charge in [0, 0.05) is 61.4 Å². The van der Waals surface area contributed by atoms with Crippen LogP contribution < -0.4 is 15.1 Å². The molecule has 6 nitrogen and oxygen atoms in total. The van der Waals surface area contributed by atoms with Gasteiger partial charge in [-0.05, 0) is 61.1 Å². The van der Waals surface area contributed by atoms with Crippen molar-refractivity contribution in [2.24, 2.45) is 0 Å². The van der Waals surface area contributed by atoms with Crippen molar-refractivity contribution in [1.29, 1.82) is 0 Å². The van der Waals surface area contributed by atoms with Crippen LogP contribution in [0.5, 0.6) is 0 Å². The van der Waals surface area contributed by atoms with Gasteiger partial charge in [0.05, 0.1) is 16.6 Å². The number of hydrogen-bond donors (Lipinski definition) is 1. The molecule has 0 amide bonds. The molecular weight excluding hydrogens is 476 g/mol. The van der Waals surface area contributed by atoms with E-state index in [2.05, 4.69) is 67.3 Å². The van der Waals surface area contributed by atoms with Gasteiger partial charge in [-0.1, -0.05) is 38.5 Å². The Morgan fingerprint density at radius 2 is 1.51 bits per heavy atom. The average Bonchev–Trinajstić information content (AvgIpc) is 3.42. The molecule has 3 aliphatic rings. The zero-order valence-corrected chi connectivity index (χ0v) is 23.1. The van der Waals surface area contributed by atoms with Gasteiger partial charge < -0.3 is 15.1 Å². The highest BCUT2D eigenvalue weighted by Crippen LogP contribution is 2.50. The quantitative estimate of drug-likeness (QED) is 0.470. The monoisotopic (exact) mass is 514 g/mol. The van der Waals surface area contributed by atoms with E-state index in [0.717, 1.165) is 51.6 Å². The van der Waals surface area contributed by atoms with Crippen molar-refractivity contribution in [2.75, 3.05) is 55.4 Å². The summed E-state index contributed by atoms with van der Waals surface area (Å²) in [5.41, 5.74) is 7.55. The van der Waals surface area contributed by atoms with Crippen molar-refractivity contribution in [3.63, 3.8) is 0 Å². The maximum Gasteiger partial charge on any atom is 0.217 e. The minimum absolute atomic E-state index is 0.160. The normalized spacial score (nSPS) is 18.8. The molecule has 0 spiro atoms. The van der Waals surface area contributed by atoms with Gasteiger partial charge in [0.15, 0.2) is 0 Å². The summed E-state index contributed by atoms with van der Waals surface area (Å²) in [6.07, 6.45) is 5.68. The number of nitrogens with zero attached hydrogens (tertiary/aromatic N) is 3. The average molecular weight is 515 g/mol. The summed E-state index contributed by atoms with van der Waals surface area (Å²) in [5.74, 6) is 0. The molecule has 2 aromatic rings. The molecule has 0 radical (unpaired) electrons. The third kappa shape index (κ3) is 4.65. The Hall–Kier alpha value is -1.90. The zero-order chi connectivity index (χ0) is 24.7. The van der Waals surface area contributed by atoms with E-state index in [4.69, 9.17) is 0 Å². The summed E-state index contributed by atoms with van der Waals surface area (Å²) in [6, 6.07) is 9.17. The zero-order valence-electron chi connectivity index (χ0n) is 21.4. The maximum absolute atomic E-state index is 13.1. The molecule has 2 aliphatic heterocycles. The van der Waals surface area contributed by atoms with Crippen LogP contribution in [0.25, 0.3) is 0 Å². The Labute approximate surface area is 215 Å². The molecule has 35 heavy (non-hydrogen) atoms. The molecule has 2 fully saturated rings. The molecule has 5 rings (SSSR count). The fraction of sp³-hybridized carbons (Fsp3) is 0.556. The highest BCUT2D eigenvalue weighted by Gasteiger charge is 2.36. The first kappa shape index (κ1) is 24.8. The predicted molar refractivity (Wildman–Crippen MR) is 148 cm³/mol. The van der Waals surface area contributed by atoms with Crippen LogP contribution in [0.2, 0.25) is 0 Å². The smallest absolute Gasteiger partial charge is 0.217 e. The molecule has 2 heterocycles. The minimum Gasteiger partial charge on any atom is -0.378 e. The first-order valence-corrected chi connectivity index (χ1v) is 15.3. The highest BCUT2D eigenvalue weighted by molar-refractivity contribution is 7.99. The molecule has 1 aliphatic carbocycles. The Morgan fingerprint density at radius 3 is 2.11 bits per heavy atom. The molecule has 1 saturated carbocycles. The number of sulfonamides is 1. The van der Waals surface area contributed by atoms with Crippen LogP contribution in [0.3, 0.4) is 0 Å². The van der Waals surface area contributed by atoms with E-state index < -0.39 is 10.0 Å². The fourth-order valence-corrected chi connectivity index (χ4v) is 8.79. The van der Waals surface area contributed by atoms with Crippen molar-refractivity contribution in [2.45, 2.75) is 67.4 Å². The van der Waals surface area contributed by atoms with Crippen LogP contribution in [0.15, 0.2) is 34.1 Å². The number of piperazine rings is 1. The third-order valence-electron chi connectivity index (χ3n) is 7.77. The lowest BCUT2D eigenvalue weighted by atomic mass is 10.0. The lowest BCUT2D eigenvalue weighted by molar-refractivity contribution is 0.378. The predicted octanol–water partition coefficient (Wildman–Crippen LogP) is 5.48. The Bertz CT molecular complexity index is 1200. The second-order valence-electron chi connectivity index (χ2n) is 10.1. The summed E-state index contributed by atoms with van der Waals surface area (Å²) < 4.78 is 27.9. The summed E-state index contributed by atoms with van der Waals surface area (Å²) >= 11 is 1.85. The van der Waals surface area contributed by atoms with Crippen LogP contribution in [0.4, 0.5) is 22.7 Å². The molecule has 0 bridgehead atoms. The van der Waals surface area contributed by atoms with E-state index in [1.165, 1.54) is 43.7 Å². The standard InChI is InChI=1S/C27H38N4O2S2/c1-5-19-15-21(29(3)4)17-24-26(19)28-27-20(6-2)16-22(18-25(27)34-24)30-11-13-31(14-12-30)35(32,33)23-9-7-8-10-23/h15-18,23,28H,5-14H2,1-4H3. The van der Waals surface area contributed by atoms with Crippen LogP contribution in [0.1, 0.15) is 50.7 Å². The van der Waals surface area contributed by atoms with Gasteiger partial charge in [-0.3, -0.25) is 0 Å². The highest BCUT2D eigenvalue weighted by atomic mass is 32.2. The molecular formula is C27H38N4O2S2.